The summed E-state index contributed by atoms with van der Waals surface area (Å²) in [5, 5.41) is 7.55. The van der Waals surface area contributed by atoms with Crippen LogP contribution in [0.4, 0.5) is 4.79 Å². The van der Waals surface area contributed by atoms with Gasteiger partial charge in [0.05, 0.1) is 12.8 Å². The van der Waals surface area contributed by atoms with Gasteiger partial charge in [-0.25, -0.2) is 9.78 Å². The van der Waals surface area contributed by atoms with E-state index >= 15 is 0 Å². The summed E-state index contributed by atoms with van der Waals surface area (Å²) in [6.07, 6.45) is 7.40. The molecule has 162 valence electrons. The van der Waals surface area contributed by atoms with Crippen LogP contribution in [0.25, 0.3) is 0 Å². The number of hydrogen-bond donors (Lipinski definition) is 1. The fraction of sp³-hybridized carbons (Fsp3) is 0.364. The zero-order chi connectivity index (χ0) is 21.3. The third-order valence-electron chi connectivity index (χ3n) is 5.14. The summed E-state index contributed by atoms with van der Waals surface area (Å²) in [5.41, 5.74) is 1.12. The number of thioether (sulfide) groups is 1. The molecule has 0 atom stereocenters. The second-order valence-electron chi connectivity index (χ2n) is 7.32. The van der Waals surface area contributed by atoms with E-state index < -0.39 is 0 Å². The molecule has 0 radical (unpaired) electrons. The molecule has 1 amide bonds. The van der Waals surface area contributed by atoms with Crippen LogP contribution in [0.3, 0.4) is 0 Å². The van der Waals surface area contributed by atoms with Crippen molar-refractivity contribution in [3.05, 3.63) is 60.7 Å². The second kappa shape index (κ2) is 10.8. The van der Waals surface area contributed by atoms with Crippen molar-refractivity contribution in [2.24, 2.45) is 5.92 Å². The molecule has 1 aliphatic rings. The fourth-order valence-corrected chi connectivity index (χ4v) is 4.31. The van der Waals surface area contributed by atoms with Gasteiger partial charge in [-0.05, 0) is 48.6 Å². The number of likely N-dealkylation sites (tertiary alicyclic amines) is 1. The zero-order valence-electron chi connectivity index (χ0n) is 17.1. The van der Waals surface area contributed by atoms with Crippen molar-refractivity contribution in [1.82, 2.24) is 25.1 Å². The molecule has 1 N–H and O–H groups in total. The molecule has 0 spiro atoms. The predicted molar refractivity (Wildman–Crippen MR) is 117 cm³/mol. The number of rotatable bonds is 8. The Hall–Kier alpha value is -3.07. The first-order chi connectivity index (χ1) is 15.3. The molecule has 3 heterocycles. The normalized spacial score (nSPS) is 14.4. The summed E-state index contributed by atoms with van der Waals surface area (Å²) in [5.74, 6) is 2.84. The van der Waals surface area contributed by atoms with E-state index in [1.807, 2.05) is 36.4 Å². The Labute approximate surface area is 185 Å². The summed E-state index contributed by atoms with van der Waals surface area (Å²) in [6.45, 7) is 1.98. The van der Waals surface area contributed by atoms with E-state index in [1.54, 1.807) is 35.4 Å². The molecule has 1 aliphatic heterocycles. The Morgan fingerprint density at radius 1 is 1.16 bits per heavy atom. The average Bonchev–Trinajstić information content (AvgIpc) is 3.34. The summed E-state index contributed by atoms with van der Waals surface area (Å²) in [4.78, 5) is 22.4. The predicted octanol–water partition coefficient (Wildman–Crippen LogP) is 3.82. The van der Waals surface area contributed by atoms with Gasteiger partial charge in [-0.1, -0.05) is 23.9 Å². The number of nitrogens with zero attached hydrogens (tertiary/aromatic N) is 4. The molecule has 3 aromatic rings. The summed E-state index contributed by atoms with van der Waals surface area (Å²) in [6, 6.07) is 11.3. The van der Waals surface area contributed by atoms with Crippen molar-refractivity contribution < 1.29 is 14.3 Å². The van der Waals surface area contributed by atoms with Gasteiger partial charge in [-0.2, -0.15) is 0 Å². The topological polar surface area (TPSA) is 93.2 Å². The largest absolute Gasteiger partial charge is 0.492 e. The highest BCUT2D eigenvalue weighted by Crippen LogP contribution is 2.25. The number of aromatic nitrogens is 4. The van der Waals surface area contributed by atoms with Crippen molar-refractivity contribution >= 4 is 17.9 Å². The number of hydrogen-bond acceptors (Lipinski definition) is 7. The molecule has 1 saturated heterocycles. The fourth-order valence-electron chi connectivity index (χ4n) is 3.35. The van der Waals surface area contributed by atoms with Gasteiger partial charge >= 0.3 is 6.09 Å². The van der Waals surface area contributed by atoms with E-state index in [4.69, 9.17) is 9.47 Å². The summed E-state index contributed by atoms with van der Waals surface area (Å²) < 4.78 is 11.2. The lowest BCUT2D eigenvalue weighted by molar-refractivity contribution is 0.134. The van der Waals surface area contributed by atoms with Crippen LogP contribution in [0.15, 0.2) is 60.3 Å². The monoisotopic (exact) mass is 439 g/mol. The van der Waals surface area contributed by atoms with E-state index in [0.717, 1.165) is 41.5 Å². The van der Waals surface area contributed by atoms with Crippen LogP contribution in [0.2, 0.25) is 0 Å². The molecular formula is C22H25N5O3S. The first kappa shape index (κ1) is 21.2. The van der Waals surface area contributed by atoms with Gasteiger partial charge in [0.1, 0.15) is 17.8 Å². The number of carbonyl (C=O) groups excluding carboxylic acids is 1. The minimum absolute atomic E-state index is 0.285. The molecule has 31 heavy (non-hydrogen) atoms. The minimum atomic E-state index is -0.285. The number of nitrogens with one attached hydrogen (secondary N) is 1. The SMILES string of the molecule is O=C(Oc1ccc(CCOc2cccnc2)cc1)N1CCC(CSc2nc[nH]n2)CC1. The van der Waals surface area contributed by atoms with Gasteiger partial charge < -0.3 is 14.4 Å². The molecule has 0 unspecified atom stereocenters. The number of benzene rings is 1. The van der Waals surface area contributed by atoms with Gasteiger partial charge in [0.25, 0.3) is 0 Å². The first-order valence-corrected chi connectivity index (χ1v) is 11.3. The Morgan fingerprint density at radius 3 is 2.71 bits per heavy atom. The summed E-state index contributed by atoms with van der Waals surface area (Å²) >= 11 is 1.65. The van der Waals surface area contributed by atoms with E-state index in [1.165, 1.54) is 0 Å². The molecule has 8 nitrogen and oxygen atoms in total. The number of H-pyrrole nitrogens is 1. The van der Waals surface area contributed by atoms with Crippen LogP contribution in [-0.2, 0) is 6.42 Å². The number of amides is 1. The van der Waals surface area contributed by atoms with Crippen LogP contribution in [0, 0.1) is 5.92 Å². The molecule has 0 saturated carbocycles. The number of ether oxygens (including phenoxy) is 2. The summed E-state index contributed by atoms with van der Waals surface area (Å²) in [7, 11) is 0. The maximum atomic E-state index is 12.5. The molecule has 0 aliphatic carbocycles. The maximum absolute atomic E-state index is 12.5. The van der Waals surface area contributed by atoms with Crippen LogP contribution in [0.1, 0.15) is 18.4 Å². The Bertz CT molecular complexity index is 930. The standard InChI is InChI=1S/C22H25N5O3S/c28-22(27-11-7-18(8-12-27)15-31-21-24-16-25-26-21)30-19-5-3-17(4-6-19)9-13-29-20-2-1-10-23-14-20/h1-6,10,14,16,18H,7-9,11-13,15H2,(H,24,25,26). The van der Waals surface area contributed by atoms with Gasteiger partial charge in [0.2, 0.25) is 5.16 Å². The first-order valence-electron chi connectivity index (χ1n) is 10.3. The Kier molecular flexibility index (Phi) is 7.38. The van der Waals surface area contributed by atoms with Crippen LogP contribution in [-0.4, -0.2) is 56.6 Å². The Balaban J connectivity index is 1.16. The van der Waals surface area contributed by atoms with Crippen LogP contribution < -0.4 is 9.47 Å². The lowest BCUT2D eigenvalue weighted by atomic mass is 9.99. The minimum Gasteiger partial charge on any atom is -0.492 e. The molecule has 9 heteroatoms. The third-order valence-corrected chi connectivity index (χ3v) is 6.23. The van der Waals surface area contributed by atoms with Gasteiger partial charge in [-0.15, -0.1) is 5.10 Å². The van der Waals surface area contributed by atoms with Gasteiger partial charge in [-0.3, -0.25) is 10.1 Å². The molecular weight excluding hydrogens is 414 g/mol. The number of carbonyl (C=O) groups is 1. The highest BCUT2D eigenvalue weighted by atomic mass is 32.2. The van der Waals surface area contributed by atoms with E-state index in [2.05, 4.69) is 20.2 Å². The van der Waals surface area contributed by atoms with E-state index in [-0.39, 0.29) is 6.09 Å². The van der Waals surface area contributed by atoms with Crippen molar-refractivity contribution in [3.63, 3.8) is 0 Å². The zero-order valence-corrected chi connectivity index (χ0v) is 18.0. The molecule has 1 aromatic carbocycles. The average molecular weight is 440 g/mol. The maximum Gasteiger partial charge on any atom is 0.415 e. The highest BCUT2D eigenvalue weighted by molar-refractivity contribution is 7.99. The number of aromatic amines is 1. The highest BCUT2D eigenvalue weighted by Gasteiger charge is 2.24. The van der Waals surface area contributed by atoms with Gasteiger partial charge in [0.15, 0.2) is 0 Å². The molecule has 4 rings (SSSR count). The molecule has 2 aromatic heterocycles. The quantitative estimate of drug-likeness (QED) is 0.533. The lowest BCUT2D eigenvalue weighted by Crippen LogP contribution is -2.40. The molecule has 1 fully saturated rings. The molecule has 0 bridgehead atoms. The Morgan fingerprint density at radius 2 is 2.00 bits per heavy atom. The van der Waals surface area contributed by atoms with E-state index in [0.29, 0.717) is 31.4 Å². The van der Waals surface area contributed by atoms with E-state index in [9.17, 15) is 4.79 Å². The van der Waals surface area contributed by atoms with Crippen molar-refractivity contribution in [2.45, 2.75) is 24.4 Å². The number of piperidine rings is 1. The van der Waals surface area contributed by atoms with Gasteiger partial charge in [0, 0.05) is 31.5 Å². The number of pyridine rings is 1. The van der Waals surface area contributed by atoms with Crippen molar-refractivity contribution in [3.8, 4) is 11.5 Å². The van der Waals surface area contributed by atoms with Crippen LogP contribution >= 0.6 is 11.8 Å². The van der Waals surface area contributed by atoms with Crippen molar-refractivity contribution in [1.29, 1.82) is 0 Å². The van der Waals surface area contributed by atoms with Crippen LogP contribution in [0.5, 0.6) is 11.5 Å². The second-order valence-corrected chi connectivity index (χ2v) is 8.31. The lowest BCUT2D eigenvalue weighted by Gasteiger charge is -2.30. The smallest absolute Gasteiger partial charge is 0.415 e. The van der Waals surface area contributed by atoms with Crippen molar-refractivity contribution in [2.75, 3.05) is 25.4 Å². The third kappa shape index (κ3) is 6.45.